The summed E-state index contributed by atoms with van der Waals surface area (Å²) in [6.07, 6.45) is 3.38. The Kier molecular flexibility index (Phi) is 2.56. The summed E-state index contributed by atoms with van der Waals surface area (Å²) in [6.45, 7) is 1.74. The second-order valence-corrected chi connectivity index (χ2v) is 5.08. The summed E-state index contributed by atoms with van der Waals surface area (Å²) in [5.41, 5.74) is 1.91. The highest BCUT2D eigenvalue weighted by Gasteiger charge is 2.32. The number of aromatic nitrogens is 1. The number of carbonyl (C=O) groups is 1. The summed E-state index contributed by atoms with van der Waals surface area (Å²) in [5, 5.41) is 9.51. The topological polar surface area (TPSA) is 53.4 Å². The Balaban J connectivity index is 1.96. The van der Waals surface area contributed by atoms with Gasteiger partial charge in [0.1, 0.15) is 5.69 Å². The number of aromatic carboxylic acids is 1. The number of carboxylic acids is 1. The number of hydrogen-bond acceptors (Lipinski definition) is 3. The van der Waals surface area contributed by atoms with Crippen molar-refractivity contribution < 1.29 is 9.90 Å². The first-order valence-corrected chi connectivity index (χ1v) is 6.18. The monoisotopic (exact) mass is 252 g/mol. The van der Waals surface area contributed by atoms with Gasteiger partial charge in [-0.15, -0.1) is 0 Å². The van der Waals surface area contributed by atoms with Crippen LogP contribution in [0.5, 0.6) is 0 Å². The minimum Gasteiger partial charge on any atom is -0.477 e. The maximum atomic E-state index is 10.9. The molecule has 0 atom stereocenters. The third-order valence-corrected chi connectivity index (χ3v) is 3.78. The molecule has 1 saturated carbocycles. The van der Waals surface area contributed by atoms with Crippen molar-refractivity contribution in [2.24, 2.45) is 0 Å². The Morgan fingerprint density at radius 2 is 2.29 bits per heavy atom. The zero-order valence-corrected chi connectivity index (χ0v) is 10.1. The molecule has 2 heterocycles. The average Bonchev–Trinajstić information content (AvgIpc) is 3.11. The SMILES string of the molecule is O=C(O)c1cc(Cl)c2c(n1)CN(C1CC1)CC2. The van der Waals surface area contributed by atoms with Crippen molar-refractivity contribution in [2.45, 2.75) is 31.8 Å². The second kappa shape index (κ2) is 3.96. The van der Waals surface area contributed by atoms with Crippen LogP contribution in [0.4, 0.5) is 0 Å². The van der Waals surface area contributed by atoms with Crippen LogP contribution in [0.15, 0.2) is 6.07 Å². The van der Waals surface area contributed by atoms with Gasteiger partial charge in [0, 0.05) is 24.2 Å². The van der Waals surface area contributed by atoms with Crippen molar-refractivity contribution in [3.63, 3.8) is 0 Å². The summed E-state index contributed by atoms with van der Waals surface area (Å²) < 4.78 is 0. The Morgan fingerprint density at radius 1 is 1.53 bits per heavy atom. The standard InChI is InChI=1S/C12H13ClN2O2/c13-9-5-10(12(16)17)14-11-6-15(7-1-2-7)4-3-8(9)11/h5,7H,1-4,6H2,(H,16,17). The average molecular weight is 253 g/mol. The quantitative estimate of drug-likeness (QED) is 0.874. The largest absolute Gasteiger partial charge is 0.477 e. The highest BCUT2D eigenvalue weighted by atomic mass is 35.5. The molecule has 0 amide bonds. The van der Waals surface area contributed by atoms with Crippen LogP contribution in [0.1, 0.15) is 34.6 Å². The molecule has 0 radical (unpaired) electrons. The Bertz CT molecular complexity index is 486. The van der Waals surface area contributed by atoms with Crippen LogP contribution in [-0.2, 0) is 13.0 Å². The minimum atomic E-state index is -1.02. The number of hydrogen-bond donors (Lipinski definition) is 1. The lowest BCUT2D eigenvalue weighted by Crippen LogP contribution is -2.33. The Morgan fingerprint density at radius 3 is 2.94 bits per heavy atom. The molecule has 2 aliphatic rings. The number of nitrogens with zero attached hydrogens (tertiary/aromatic N) is 2. The van der Waals surface area contributed by atoms with Crippen LogP contribution in [0.3, 0.4) is 0 Å². The molecule has 1 fully saturated rings. The number of pyridine rings is 1. The zero-order valence-electron chi connectivity index (χ0n) is 9.32. The zero-order chi connectivity index (χ0) is 12.0. The van der Waals surface area contributed by atoms with Crippen LogP contribution in [0.25, 0.3) is 0 Å². The van der Waals surface area contributed by atoms with E-state index in [4.69, 9.17) is 16.7 Å². The van der Waals surface area contributed by atoms with Gasteiger partial charge in [0.05, 0.1) is 5.69 Å². The predicted octanol–water partition coefficient (Wildman–Crippen LogP) is 1.95. The van der Waals surface area contributed by atoms with Crippen LogP contribution >= 0.6 is 11.6 Å². The number of fused-ring (bicyclic) bond motifs is 1. The van der Waals surface area contributed by atoms with Gasteiger partial charge in [-0.2, -0.15) is 0 Å². The van der Waals surface area contributed by atoms with Crippen LogP contribution < -0.4 is 0 Å². The van der Waals surface area contributed by atoms with E-state index in [2.05, 4.69) is 9.88 Å². The normalized spacial score (nSPS) is 20.1. The number of rotatable bonds is 2. The maximum Gasteiger partial charge on any atom is 0.354 e. The van der Waals surface area contributed by atoms with Gasteiger partial charge in [-0.1, -0.05) is 11.6 Å². The maximum absolute atomic E-state index is 10.9. The first-order chi connectivity index (χ1) is 8.15. The van der Waals surface area contributed by atoms with E-state index in [9.17, 15) is 4.79 Å². The van der Waals surface area contributed by atoms with Crippen molar-refractivity contribution in [3.8, 4) is 0 Å². The van der Waals surface area contributed by atoms with E-state index < -0.39 is 5.97 Å². The van der Waals surface area contributed by atoms with Gasteiger partial charge >= 0.3 is 5.97 Å². The molecule has 0 aromatic carbocycles. The van der Waals surface area contributed by atoms with Crippen molar-refractivity contribution in [3.05, 3.63) is 28.0 Å². The molecular weight excluding hydrogens is 240 g/mol. The molecule has 4 nitrogen and oxygen atoms in total. The lowest BCUT2D eigenvalue weighted by molar-refractivity contribution is 0.0689. The minimum absolute atomic E-state index is 0.0476. The lowest BCUT2D eigenvalue weighted by Gasteiger charge is -2.28. The molecule has 0 bridgehead atoms. The number of halogens is 1. The second-order valence-electron chi connectivity index (χ2n) is 4.67. The highest BCUT2D eigenvalue weighted by Crippen LogP contribution is 2.33. The van der Waals surface area contributed by atoms with Crippen LogP contribution in [0.2, 0.25) is 5.02 Å². The molecule has 90 valence electrons. The number of carboxylic acid groups (broad SMARTS) is 1. The fourth-order valence-electron chi connectivity index (χ4n) is 2.37. The smallest absolute Gasteiger partial charge is 0.354 e. The van der Waals surface area contributed by atoms with Crippen LogP contribution in [-0.4, -0.2) is 33.5 Å². The third kappa shape index (κ3) is 2.03. The molecule has 5 heteroatoms. The molecule has 17 heavy (non-hydrogen) atoms. The van der Waals surface area contributed by atoms with E-state index in [1.54, 1.807) is 0 Å². The van der Waals surface area contributed by atoms with E-state index in [-0.39, 0.29) is 5.69 Å². The van der Waals surface area contributed by atoms with Gasteiger partial charge in [0.25, 0.3) is 0 Å². The van der Waals surface area contributed by atoms with Crippen molar-refractivity contribution in [1.29, 1.82) is 0 Å². The van der Waals surface area contributed by atoms with Crippen molar-refractivity contribution in [1.82, 2.24) is 9.88 Å². The Labute approximate surface area is 104 Å². The van der Waals surface area contributed by atoms with Gasteiger partial charge in [0.2, 0.25) is 0 Å². The fraction of sp³-hybridized carbons (Fsp3) is 0.500. The van der Waals surface area contributed by atoms with Gasteiger partial charge in [0.15, 0.2) is 0 Å². The van der Waals surface area contributed by atoms with Crippen LogP contribution in [0, 0.1) is 0 Å². The van der Waals surface area contributed by atoms with Gasteiger partial charge < -0.3 is 5.11 Å². The van der Waals surface area contributed by atoms with E-state index in [1.807, 2.05) is 0 Å². The van der Waals surface area contributed by atoms with E-state index in [0.717, 1.165) is 30.8 Å². The van der Waals surface area contributed by atoms with Gasteiger partial charge in [-0.05, 0) is 30.9 Å². The molecule has 1 aliphatic heterocycles. The lowest BCUT2D eigenvalue weighted by atomic mass is 10.0. The molecule has 0 saturated heterocycles. The molecule has 0 spiro atoms. The first-order valence-electron chi connectivity index (χ1n) is 5.81. The summed E-state index contributed by atoms with van der Waals surface area (Å²) in [5.74, 6) is -1.02. The summed E-state index contributed by atoms with van der Waals surface area (Å²) >= 11 is 6.11. The highest BCUT2D eigenvalue weighted by molar-refractivity contribution is 6.31. The third-order valence-electron chi connectivity index (χ3n) is 3.44. The molecular formula is C12H13ClN2O2. The summed E-state index contributed by atoms with van der Waals surface area (Å²) in [6, 6.07) is 2.13. The molecule has 1 aromatic rings. The van der Waals surface area contributed by atoms with E-state index in [0.29, 0.717) is 11.1 Å². The first kappa shape index (κ1) is 11.0. The van der Waals surface area contributed by atoms with Crippen molar-refractivity contribution >= 4 is 17.6 Å². The molecule has 1 N–H and O–H groups in total. The summed E-state index contributed by atoms with van der Waals surface area (Å²) in [4.78, 5) is 17.5. The predicted molar refractivity (Wildman–Crippen MR) is 63.3 cm³/mol. The molecule has 1 aromatic heterocycles. The van der Waals surface area contributed by atoms with Gasteiger partial charge in [-0.3, -0.25) is 4.90 Å². The Hall–Kier alpha value is -1.13. The molecule has 1 aliphatic carbocycles. The van der Waals surface area contributed by atoms with Gasteiger partial charge in [-0.25, -0.2) is 9.78 Å². The fourth-order valence-corrected chi connectivity index (χ4v) is 2.68. The molecule has 3 rings (SSSR count). The van der Waals surface area contributed by atoms with Crippen molar-refractivity contribution in [2.75, 3.05) is 6.54 Å². The molecule has 0 unspecified atom stereocenters. The van der Waals surface area contributed by atoms with E-state index >= 15 is 0 Å². The summed E-state index contributed by atoms with van der Waals surface area (Å²) in [7, 11) is 0. The van der Waals surface area contributed by atoms with E-state index in [1.165, 1.54) is 18.9 Å².